The molecule has 12 rings (SSSR count). The number of nitrogens with zero attached hydrogens (tertiary/aromatic N) is 5. The monoisotopic (exact) mass is 1960 g/mol. The largest absolute Gasteiger partial charge is 0.478 e. The van der Waals surface area contributed by atoms with Gasteiger partial charge in [0.25, 0.3) is 0 Å². The molecule has 0 atom stereocenters. The molecule has 1 aromatic heterocycles. The van der Waals surface area contributed by atoms with Gasteiger partial charge in [-0.15, -0.1) is 0 Å². The first kappa shape index (κ1) is 85.8. The summed E-state index contributed by atoms with van der Waals surface area (Å²) in [6.45, 7) is 14.1. The molecule has 0 saturated carbocycles. The summed E-state index contributed by atoms with van der Waals surface area (Å²) < 4.78 is 17.6. The number of amides is 1. The fraction of sp³-hybridized carbons (Fsp3) is 0.176. The van der Waals surface area contributed by atoms with E-state index in [1.165, 1.54) is 29.1 Å². The SMILES string of the molecule is CC.CC.CCOC(=N)c1ccc(Cl)cc1.ClNc1cccc(I)c1.Clc1ccc(-c2nccn2-c2cccc(I)c2)cc1.Clc1ccc(C2=NCCN2c2cccc(I)c2)cc1.N#Cc1ccc(Cl)cc1.NCCCc1cccc(I)c1.Nc1cccc(I)c1.O=C1NCCO1. The Balaban J connectivity index is 0.000000294. The predicted octanol–water partition coefficient (Wildman–Crippen LogP) is 22.6. The summed E-state index contributed by atoms with van der Waals surface area (Å²) in [4.78, 5) is 23.8. The molecule has 13 nitrogen and oxygen atoms in total. The summed E-state index contributed by atoms with van der Waals surface area (Å²) in [6.07, 6.45) is 5.67. The lowest BCUT2D eigenvalue weighted by molar-refractivity contribution is 0.178. The van der Waals surface area contributed by atoms with Crippen molar-refractivity contribution in [2.24, 2.45) is 10.7 Å². The Hall–Kier alpha value is -5.45. The van der Waals surface area contributed by atoms with E-state index >= 15 is 0 Å². The first-order valence-electron chi connectivity index (χ1n) is 30.4. The highest BCUT2D eigenvalue weighted by Gasteiger charge is 2.20. The summed E-state index contributed by atoms with van der Waals surface area (Å²) >= 11 is 39.9. The number of nitrogens with one attached hydrogen (secondary N) is 3. The number of halogens is 10. The third kappa shape index (κ3) is 34.9. The van der Waals surface area contributed by atoms with E-state index in [4.69, 9.17) is 85.1 Å². The molecule has 0 aliphatic carbocycles. The van der Waals surface area contributed by atoms with Crippen LogP contribution in [-0.4, -0.2) is 66.8 Å². The molecule has 0 spiro atoms. The van der Waals surface area contributed by atoms with Crippen LogP contribution in [0.25, 0.3) is 17.1 Å². The molecule has 10 aromatic rings. The molecule has 0 radical (unpaired) electrons. The number of benzene rings is 9. The van der Waals surface area contributed by atoms with Gasteiger partial charge in [-0.3, -0.25) is 19.8 Å². The highest BCUT2D eigenvalue weighted by Crippen LogP contribution is 2.26. The van der Waals surface area contributed by atoms with Crippen molar-refractivity contribution in [2.75, 3.05) is 54.9 Å². The van der Waals surface area contributed by atoms with Crippen LogP contribution in [0.15, 0.2) is 236 Å². The van der Waals surface area contributed by atoms with E-state index in [2.05, 4.69) is 214 Å². The maximum absolute atomic E-state index is 9.91. The number of amidine groups is 1. The van der Waals surface area contributed by atoms with Crippen molar-refractivity contribution in [3.05, 3.63) is 291 Å². The molecule has 1 fully saturated rings. The van der Waals surface area contributed by atoms with E-state index < -0.39 is 0 Å². The summed E-state index contributed by atoms with van der Waals surface area (Å²) in [5.41, 5.74) is 19.9. The number of aryl methyl sites for hydroxylation is 1. The number of imidazole rings is 1. The molecule has 0 unspecified atom stereocenters. The summed E-state index contributed by atoms with van der Waals surface area (Å²) in [7, 11) is 0. The van der Waals surface area contributed by atoms with E-state index in [0.717, 1.165) is 87.9 Å². The maximum atomic E-state index is 9.91. The maximum Gasteiger partial charge on any atom is 0.407 e. The fourth-order valence-corrected chi connectivity index (χ4v) is 11.3. The predicted molar refractivity (Wildman–Crippen MR) is 453 cm³/mol. The highest BCUT2D eigenvalue weighted by molar-refractivity contribution is 14.1. The minimum atomic E-state index is -0.296. The second-order valence-corrected chi connectivity index (χ2v) is 27.2. The van der Waals surface area contributed by atoms with E-state index in [0.29, 0.717) is 35.4 Å². The Kier molecular flexibility index (Phi) is 44.9. The number of hydrogen-bond donors (Lipinski definition) is 5. The van der Waals surface area contributed by atoms with E-state index in [9.17, 15) is 4.79 Å². The minimum absolute atomic E-state index is 0.189. The van der Waals surface area contributed by atoms with Crippen molar-refractivity contribution in [3.8, 4) is 23.1 Å². The number of nitrogens with two attached hydrogens (primary N) is 2. The lowest BCUT2D eigenvalue weighted by Crippen LogP contribution is -2.28. The number of carbonyl (C=O) groups is 1. The van der Waals surface area contributed by atoms with Crippen molar-refractivity contribution in [2.45, 2.75) is 47.5 Å². The number of carbonyl (C=O) groups excluding carboxylic acids is 1. The average molecular weight is 1970 g/mol. The Bertz CT molecular complexity index is 3940. The number of anilines is 3. The van der Waals surface area contributed by atoms with Gasteiger partial charge in [0.1, 0.15) is 18.3 Å². The van der Waals surface area contributed by atoms with Gasteiger partial charge in [0.2, 0.25) is 5.90 Å². The minimum Gasteiger partial charge on any atom is -0.478 e. The normalized spacial score (nSPS) is 11.0. The van der Waals surface area contributed by atoms with Crippen molar-refractivity contribution in [1.82, 2.24) is 14.9 Å². The zero-order chi connectivity index (χ0) is 71.3. The lowest BCUT2D eigenvalue weighted by Gasteiger charge is -2.21. The van der Waals surface area contributed by atoms with Crippen LogP contribution in [0.5, 0.6) is 0 Å². The van der Waals surface area contributed by atoms with Gasteiger partial charge in [-0.25, -0.2) is 9.78 Å². The van der Waals surface area contributed by atoms with Crippen molar-refractivity contribution in [1.29, 1.82) is 10.7 Å². The number of alkyl carbamates (subject to hydrolysis) is 1. The quantitative estimate of drug-likeness (QED) is 0.0291. The zero-order valence-electron chi connectivity index (χ0n) is 54.0. The molecule has 1 saturated heterocycles. The summed E-state index contributed by atoms with van der Waals surface area (Å²) in [5.74, 6) is 2.13. The van der Waals surface area contributed by atoms with Crippen LogP contribution in [0.2, 0.25) is 20.1 Å². The second kappa shape index (κ2) is 50.8. The van der Waals surface area contributed by atoms with Crippen LogP contribution in [0.1, 0.15) is 63.3 Å². The molecule has 1 amide bonds. The number of aliphatic imine (C=N–C) groups is 1. The van der Waals surface area contributed by atoms with Crippen molar-refractivity contribution >= 4 is 206 Å². The third-order valence-electron chi connectivity index (χ3n) is 12.2. The van der Waals surface area contributed by atoms with E-state index in [-0.39, 0.29) is 12.0 Å². The standard InChI is InChI=1S/C15H12ClIN2.C15H10ClIN2.C9H10ClNO.C9H12IN.C7H4ClN.C6H5ClIN.C6H6IN.C3H5NO2.2C2H6/c2*16-12-6-4-11(5-7-12)15-18-8-9-19(15)14-3-1-2-13(17)10-14;1-2-12-9(11)7-3-5-8(10)6-4-7;10-9-5-1-3-8(7-9)4-2-6-11;8-7-3-1-6(5-9)2-4-7;7-9-6-3-1-2-5(8)4-6;7-5-2-1-3-6(8)4-5;5-3-4-1-2-6-3;2*1-2/h1-7,10H,8-9H2;1-10H;3-6,11H,2H2,1H3;1,3,5,7H,2,4,6,11H2;1-4H;1-4,9H;1-4H,8H2;1-2H2,(H,4,5);2*1-2H3. The van der Waals surface area contributed by atoms with Gasteiger partial charge >= 0.3 is 6.09 Å². The number of nitrogen functional groups attached to an aromatic ring is 1. The van der Waals surface area contributed by atoms with Crippen LogP contribution < -0.4 is 26.5 Å². The number of hydrogen-bond acceptors (Lipinski definition) is 11. The fourth-order valence-electron chi connectivity index (χ4n) is 7.89. The second-order valence-electron chi connectivity index (χ2n) is 19.1. The number of cyclic esters (lactones) is 1. The molecule has 2 aliphatic rings. The molecule has 7 N–H and O–H groups in total. The molecule has 510 valence electrons. The zero-order valence-corrected chi connectivity index (χ0v) is 68.6. The first-order chi connectivity index (χ1) is 46.9. The van der Waals surface area contributed by atoms with Crippen molar-refractivity contribution < 1.29 is 14.3 Å². The molecule has 9 aromatic carbocycles. The van der Waals surface area contributed by atoms with Gasteiger partial charge in [0.15, 0.2) is 0 Å². The number of nitriles is 1. The molecule has 0 bridgehead atoms. The number of ether oxygens (including phenoxy) is 2. The van der Waals surface area contributed by atoms with Gasteiger partial charge < -0.3 is 31.2 Å². The van der Waals surface area contributed by atoms with Gasteiger partial charge in [0, 0.05) is 102 Å². The Labute approximate surface area is 665 Å². The third-order valence-corrected chi connectivity index (χ3v) is 16.8. The average Bonchev–Trinajstić information content (AvgIpc) is 1.74. The van der Waals surface area contributed by atoms with Gasteiger partial charge in [-0.1, -0.05) is 110 Å². The Morgan fingerprint density at radius 2 is 1.15 bits per heavy atom. The highest BCUT2D eigenvalue weighted by atomic mass is 127. The molecular formula is C74H76Cl5I5N10O3. The molecule has 23 heteroatoms. The topological polar surface area (TPSA) is 193 Å². The Morgan fingerprint density at radius 3 is 1.61 bits per heavy atom. The van der Waals surface area contributed by atoms with Crippen LogP contribution in [0.3, 0.4) is 0 Å². The van der Waals surface area contributed by atoms with E-state index in [1.54, 1.807) is 48.5 Å². The Morgan fingerprint density at radius 1 is 0.660 bits per heavy atom. The first-order valence-corrected chi connectivity index (χ1v) is 37.7. The lowest BCUT2D eigenvalue weighted by atomic mass is 10.1. The summed E-state index contributed by atoms with van der Waals surface area (Å²) in [5, 5.41) is 21.0. The number of aromatic nitrogens is 2. The van der Waals surface area contributed by atoms with Crippen molar-refractivity contribution in [3.63, 3.8) is 0 Å². The summed E-state index contributed by atoms with van der Waals surface area (Å²) in [6, 6.07) is 72.3. The number of rotatable bonds is 10. The molecule has 97 heavy (non-hydrogen) atoms. The van der Waals surface area contributed by atoms with Crippen LogP contribution in [-0.2, 0) is 15.9 Å². The molecule has 2 aliphatic heterocycles. The van der Waals surface area contributed by atoms with Crippen LogP contribution >= 0.6 is 171 Å². The van der Waals surface area contributed by atoms with E-state index in [1.807, 2.05) is 156 Å². The van der Waals surface area contributed by atoms with Gasteiger partial charge in [0.05, 0.1) is 37.0 Å². The van der Waals surface area contributed by atoms with Gasteiger partial charge in [-0.2, -0.15) is 5.26 Å². The van der Waals surface area contributed by atoms with Gasteiger partial charge in [-0.05, 0) is 327 Å². The molecule has 3 heterocycles. The molecular weight excluding hydrogens is 1890 g/mol. The van der Waals surface area contributed by atoms with Crippen LogP contribution in [0, 0.1) is 34.6 Å². The van der Waals surface area contributed by atoms with Crippen LogP contribution in [0.4, 0.5) is 21.9 Å². The smallest absolute Gasteiger partial charge is 0.407 e.